The van der Waals surface area contributed by atoms with Crippen molar-refractivity contribution in [3.8, 4) is 0 Å². The normalized spacial score (nSPS) is 22.3. The minimum Gasteiger partial charge on any atom is -0.355 e. The first-order valence-electron chi connectivity index (χ1n) is 8.46. The predicted octanol–water partition coefficient (Wildman–Crippen LogP) is 2.68. The second-order valence-electron chi connectivity index (χ2n) is 6.64. The Morgan fingerprint density at radius 2 is 2.08 bits per heavy atom. The summed E-state index contributed by atoms with van der Waals surface area (Å²) in [6.07, 6.45) is 3.84. The molecule has 24 heavy (non-hydrogen) atoms. The summed E-state index contributed by atoms with van der Waals surface area (Å²) in [5.74, 6) is 0.592. The Bertz CT molecular complexity index is 604. The van der Waals surface area contributed by atoms with Crippen molar-refractivity contribution < 1.29 is 9.72 Å². The van der Waals surface area contributed by atoms with Gasteiger partial charge in [0.1, 0.15) is 0 Å². The summed E-state index contributed by atoms with van der Waals surface area (Å²) in [4.78, 5) is 25.9. The molecule has 7 heteroatoms. The molecule has 1 amide bonds. The van der Waals surface area contributed by atoms with Crippen LogP contribution in [0, 0.1) is 16.0 Å². The third-order valence-electron chi connectivity index (χ3n) is 4.68. The number of carbonyl (C=O) groups is 1. The lowest BCUT2D eigenvalue weighted by Crippen LogP contribution is -2.35. The molecule has 0 unspecified atom stereocenters. The summed E-state index contributed by atoms with van der Waals surface area (Å²) in [5.41, 5.74) is 0.0675. The first-order chi connectivity index (χ1) is 11.5. The molecule has 1 aliphatic carbocycles. The molecule has 1 heterocycles. The quantitative estimate of drug-likeness (QED) is 0.465. The van der Waals surface area contributed by atoms with E-state index in [9.17, 15) is 14.9 Å². The van der Waals surface area contributed by atoms with Gasteiger partial charge in [0.25, 0.3) is 5.69 Å². The van der Waals surface area contributed by atoms with E-state index in [1.165, 1.54) is 43.2 Å². The number of rotatable bonds is 7. The minimum atomic E-state index is -0.420. The van der Waals surface area contributed by atoms with E-state index in [0.717, 1.165) is 30.6 Å². The molecule has 130 valence electrons. The van der Waals surface area contributed by atoms with Gasteiger partial charge in [0.05, 0.1) is 10.2 Å². The average Bonchev–Trinajstić information content (AvgIpc) is 3.31. The maximum Gasteiger partial charge on any atom is 0.269 e. The Balaban J connectivity index is 1.42. The Kier molecular flexibility index (Phi) is 5.40. The van der Waals surface area contributed by atoms with Crippen molar-refractivity contribution in [1.29, 1.82) is 0 Å². The van der Waals surface area contributed by atoms with Crippen LogP contribution in [-0.4, -0.2) is 46.7 Å². The van der Waals surface area contributed by atoms with Crippen molar-refractivity contribution in [2.45, 2.75) is 42.4 Å². The van der Waals surface area contributed by atoms with Crippen LogP contribution in [0.25, 0.3) is 0 Å². The second kappa shape index (κ2) is 7.53. The number of benzene rings is 1. The summed E-state index contributed by atoms with van der Waals surface area (Å²) < 4.78 is 0. The van der Waals surface area contributed by atoms with Crippen molar-refractivity contribution in [3.63, 3.8) is 0 Å². The molecule has 0 radical (unpaired) electrons. The van der Waals surface area contributed by atoms with Crippen LogP contribution >= 0.6 is 11.8 Å². The van der Waals surface area contributed by atoms with Crippen LogP contribution in [0.1, 0.15) is 26.2 Å². The lowest BCUT2D eigenvalue weighted by molar-refractivity contribution is -0.384. The Labute approximate surface area is 146 Å². The van der Waals surface area contributed by atoms with Gasteiger partial charge in [-0.05, 0) is 50.8 Å². The van der Waals surface area contributed by atoms with Crippen LogP contribution in [0.5, 0.6) is 0 Å². The number of likely N-dealkylation sites (tertiary alicyclic amines) is 1. The highest BCUT2D eigenvalue weighted by Gasteiger charge is 2.34. The maximum absolute atomic E-state index is 12.3. The smallest absolute Gasteiger partial charge is 0.269 e. The molecule has 1 aromatic carbocycles. The Morgan fingerprint density at radius 3 is 2.71 bits per heavy atom. The van der Waals surface area contributed by atoms with Gasteiger partial charge in [0.2, 0.25) is 5.91 Å². The van der Waals surface area contributed by atoms with Crippen molar-refractivity contribution in [2.75, 3.05) is 19.6 Å². The molecule has 3 rings (SSSR count). The van der Waals surface area contributed by atoms with Crippen LogP contribution < -0.4 is 5.32 Å². The number of amides is 1. The summed E-state index contributed by atoms with van der Waals surface area (Å²) in [6.45, 7) is 4.88. The van der Waals surface area contributed by atoms with Crippen molar-refractivity contribution >= 4 is 23.4 Å². The number of carbonyl (C=O) groups excluding carboxylic acids is 1. The zero-order chi connectivity index (χ0) is 17.1. The van der Waals surface area contributed by atoms with Gasteiger partial charge in [-0.25, -0.2) is 0 Å². The van der Waals surface area contributed by atoms with E-state index in [2.05, 4.69) is 10.2 Å². The molecule has 1 aliphatic heterocycles. The van der Waals surface area contributed by atoms with Crippen LogP contribution in [0.3, 0.4) is 0 Å². The first kappa shape index (κ1) is 17.2. The molecular weight excluding hydrogens is 326 g/mol. The number of hydrogen-bond donors (Lipinski definition) is 1. The van der Waals surface area contributed by atoms with Gasteiger partial charge in [-0.15, -0.1) is 11.8 Å². The van der Waals surface area contributed by atoms with E-state index in [4.69, 9.17) is 0 Å². The van der Waals surface area contributed by atoms with Crippen molar-refractivity contribution in [1.82, 2.24) is 10.2 Å². The number of nitro benzene ring substituents is 1. The van der Waals surface area contributed by atoms with Gasteiger partial charge in [-0.2, -0.15) is 0 Å². The molecule has 2 fully saturated rings. The number of nitrogens with zero attached hydrogens (tertiary/aromatic N) is 2. The van der Waals surface area contributed by atoms with Gasteiger partial charge in [-0.3, -0.25) is 14.9 Å². The van der Waals surface area contributed by atoms with Gasteiger partial charge < -0.3 is 10.2 Å². The number of thioether (sulfide) groups is 1. The SMILES string of the molecule is C[C@@H](Sc1ccc([N+](=O)[O-])cc1)C(=O)NC[C@@H]1CCN(C2CC2)C1. The topological polar surface area (TPSA) is 75.5 Å². The first-order valence-corrected chi connectivity index (χ1v) is 9.34. The van der Waals surface area contributed by atoms with E-state index in [0.29, 0.717) is 5.92 Å². The summed E-state index contributed by atoms with van der Waals surface area (Å²) >= 11 is 1.42. The van der Waals surface area contributed by atoms with Gasteiger partial charge in [0.15, 0.2) is 0 Å². The lowest BCUT2D eigenvalue weighted by atomic mass is 10.1. The Hall–Kier alpha value is -1.60. The third kappa shape index (κ3) is 4.48. The number of nitro groups is 1. The molecule has 1 aromatic rings. The molecule has 0 aromatic heterocycles. The standard InChI is InChI=1S/C17H23N3O3S/c1-12(24-16-6-4-15(5-7-16)20(22)23)17(21)18-10-13-8-9-19(11-13)14-2-3-14/h4-7,12-14H,2-3,8-11H2,1H3,(H,18,21)/t12-,13+/m1/s1. The zero-order valence-electron chi connectivity index (χ0n) is 13.8. The van der Waals surface area contributed by atoms with E-state index in [-0.39, 0.29) is 16.8 Å². The lowest BCUT2D eigenvalue weighted by Gasteiger charge is -2.16. The molecule has 1 saturated heterocycles. The highest BCUT2D eigenvalue weighted by atomic mass is 32.2. The fourth-order valence-corrected chi connectivity index (χ4v) is 3.99. The summed E-state index contributed by atoms with van der Waals surface area (Å²) in [7, 11) is 0. The minimum absolute atomic E-state index is 0.0308. The molecule has 1 N–H and O–H groups in total. The predicted molar refractivity (Wildman–Crippen MR) is 94.1 cm³/mol. The van der Waals surface area contributed by atoms with Gasteiger partial charge in [0, 0.05) is 36.2 Å². The molecular formula is C17H23N3O3S. The Morgan fingerprint density at radius 1 is 1.38 bits per heavy atom. The molecule has 2 atom stereocenters. The number of nitrogens with one attached hydrogen (secondary N) is 1. The van der Waals surface area contributed by atoms with E-state index in [1.54, 1.807) is 12.1 Å². The molecule has 6 nitrogen and oxygen atoms in total. The molecule has 0 spiro atoms. The van der Waals surface area contributed by atoms with Gasteiger partial charge >= 0.3 is 0 Å². The van der Waals surface area contributed by atoms with Crippen LogP contribution in [-0.2, 0) is 4.79 Å². The van der Waals surface area contributed by atoms with E-state index < -0.39 is 4.92 Å². The monoisotopic (exact) mass is 349 g/mol. The summed E-state index contributed by atoms with van der Waals surface area (Å²) in [5, 5.41) is 13.5. The number of non-ortho nitro benzene ring substituents is 1. The van der Waals surface area contributed by atoms with Crippen LogP contribution in [0.15, 0.2) is 29.2 Å². The molecule has 2 aliphatic rings. The third-order valence-corrected chi connectivity index (χ3v) is 5.79. The molecule has 0 bridgehead atoms. The summed E-state index contributed by atoms with van der Waals surface area (Å²) in [6, 6.07) is 7.13. The highest BCUT2D eigenvalue weighted by molar-refractivity contribution is 8.00. The highest BCUT2D eigenvalue weighted by Crippen LogP contribution is 2.31. The molecule has 1 saturated carbocycles. The van der Waals surface area contributed by atoms with Gasteiger partial charge in [-0.1, -0.05) is 0 Å². The van der Waals surface area contributed by atoms with E-state index in [1.807, 2.05) is 6.92 Å². The van der Waals surface area contributed by atoms with Crippen LogP contribution in [0.2, 0.25) is 0 Å². The van der Waals surface area contributed by atoms with E-state index >= 15 is 0 Å². The number of hydrogen-bond acceptors (Lipinski definition) is 5. The largest absolute Gasteiger partial charge is 0.355 e. The average molecular weight is 349 g/mol. The fourth-order valence-electron chi connectivity index (χ4n) is 3.09. The van der Waals surface area contributed by atoms with Crippen molar-refractivity contribution in [3.05, 3.63) is 34.4 Å². The fraction of sp³-hybridized carbons (Fsp3) is 0.588. The second-order valence-corrected chi connectivity index (χ2v) is 8.05. The maximum atomic E-state index is 12.3. The van der Waals surface area contributed by atoms with Crippen LogP contribution in [0.4, 0.5) is 5.69 Å². The zero-order valence-corrected chi connectivity index (χ0v) is 14.6. The van der Waals surface area contributed by atoms with Crippen molar-refractivity contribution in [2.24, 2.45) is 5.92 Å².